The number of pyridine rings is 1. The van der Waals surface area contributed by atoms with E-state index in [0.717, 1.165) is 11.4 Å². The van der Waals surface area contributed by atoms with Crippen LogP contribution in [-0.2, 0) is 0 Å². The molecule has 1 heterocycles. The van der Waals surface area contributed by atoms with Gasteiger partial charge in [0.2, 0.25) is 0 Å². The Balaban J connectivity index is 1.73. The lowest BCUT2D eigenvalue weighted by Gasteiger charge is -2.13. The molecule has 0 saturated heterocycles. The molecule has 0 fully saturated rings. The molecule has 0 unspecified atom stereocenters. The molecule has 0 saturated carbocycles. The maximum Gasteiger partial charge on any atom is 0.264 e. The van der Waals surface area contributed by atoms with Crippen molar-refractivity contribution in [2.45, 2.75) is 0 Å². The van der Waals surface area contributed by atoms with Gasteiger partial charge in [-0.2, -0.15) is 0 Å². The first-order valence-electron chi connectivity index (χ1n) is 8.11. The molecule has 6 nitrogen and oxygen atoms in total. The Morgan fingerprint density at radius 1 is 0.926 bits per heavy atom. The number of halogens is 1. The fourth-order valence-electron chi connectivity index (χ4n) is 2.50. The summed E-state index contributed by atoms with van der Waals surface area (Å²) >= 11 is 5.88. The quantitative estimate of drug-likeness (QED) is 0.642. The van der Waals surface area contributed by atoms with Gasteiger partial charge in [0.15, 0.2) is 0 Å². The summed E-state index contributed by atoms with van der Waals surface area (Å²) in [5, 5.41) is 6.63. The largest absolute Gasteiger partial charge is 0.496 e. The van der Waals surface area contributed by atoms with Crippen LogP contribution in [0.15, 0.2) is 60.8 Å². The Labute approximate surface area is 162 Å². The van der Waals surface area contributed by atoms with Crippen LogP contribution >= 0.6 is 11.6 Å². The van der Waals surface area contributed by atoms with Crippen molar-refractivity contribution in [2.75, 3.05) is 24.9 Å². The maximum absolute atomic E-state index is 12.6. The van der Waals surface area contributed by atoms with Gasteiger partial charge in [0.25, 0.3) is 5.91 Å². The number of rotatable bonds is 6. The lowest BCUT2D eigenvalue weighted by atomic mass is 10.1. The first-order valence-corrected chi connectivity index (χ1v) is 8.49. The second-order valence-corrected chi connectivity index (χ2v) is 5.99. The van der Waals surface area contributed by atoms with E-state index in [9.17, 15) is 4.79 Å². The van der Waals surface area contributed by atoms with E-state index in [4.69, 9.17) is 21.1 Å². The molecule has 7 heteroatoms. The third kappa shape index (κ3) is 4.48. The van der Waals surface area contributed by atoms with Crippen molar-refractivity contribution < 1.29 is 14.3 Å². The van der Waals surface area contributed by atoms with Crippen molar-refractivity contribution >= 4 is 34.7 Å². The van der Waals surface area contributed by atoms with Crippen LogP contribution in [0, 0.1) is 0 Å². The van der Waals surface area contributed by atoms with E-state index in [1.165, 1.54) is 14.2 Å². The Hall–Kier alpha value is -3.25. The first kappa shape index (κ1) is 18.5. The summed E-state index contributed by atoms with van der Waals surface area (Å²) in [6.07, 6.45) is 1.63. The van der Waals surface area contributed by atoms with Crippen LogP contribution < -0.4 is 20.1 Å². The van der Waals surface area contributed by atoms with Crippen LogP contribution in [0.25, 0.3) is 0 Å². The van der Waals surface area contributed by atoms with E-state index < -0.39 is 0 Å². The number of carbonyl (C=O) groups excluding carboxylic acids is 1. The second-order valence-electron chi connectivity index (χ2n) is 5.56. The minimum Gasteiger partial charge on any atom is -0.496 e. The summed E-state index contributed by atoms with van der Waals surface area (Å²) in [5.41, 5.74) is 1.98. The molecule has 0 atom stereocenters. The van der Waals surface area contributed by atoms with Crippen molar-refractivity contribution in [3.8, 4) is 11.5 Å². The van der Waals surface area contributed by atoms with Gasteiger partial charge in [-0.05, 0) is 48.5 Å². The lowest BCUT2D eigenvalue weighted by molar-refractivity contribution is 0.102. The fraction of sp³-hybridized carbons (Fsp3) is 0.100. The zero-order valence-electron chi connectivity index (χ0n) is 14.8. The average Bonchev–Trinajstić information content (AvgIpc) is 2.70. The van der Waals surface area contributed by atoms with E-state index in [-0.39, 0.29) is 5.91 Å². The summed E-state index contributed by atoms with van der Waals surface area (Å²) < 4.78 is 10.5. The normalized spacial score (nSPS) is 10.2. The standard InChI is InChI=1S/C20H18ClN3O3/c1-26-16-4-3-5-17(27-2)19(16)20(25)24-18-11-10-15(12-22-18)23-14-8-6-13(21)7-9-14/h3-12,23H,1-2H3,(H,22,24,25). The summed E-state index contributed by atoms with van der Waals surface area (Å²) in [5.74, 6) is 0.894. The van der Waals surface area contributed by atoms with Gasteiger partial charge in [-0.15, -0.1) is 0 Å². The Morgan fingerprint density at radius 2 is 1.56 bits per heavy atom. The van der Waals surface area contributed by atoms with Gasteiger partial charge in [-0.1, -0.05) is 17.7 Å². The number of amides is 1. The van der Waals surface area contributed by atoms with Crippen LogP contribution in [0.5, 0.6) is 11.5 Å². The number of hydrogen-bond acceptors (Lipinski definition) is 5. The highest BCUT2D eigenvalue weighted by Crippen LogP contribution is 2.29. The molecule has 1 amide bonds. The SMILES string of the molecule is COc1cccc(OC)c1C(=O)Nc1ccc(Nc2ccc(Cl)cc2)cn1. The van der Waals surface area contributed by atoms with Crippen molar-refractivity contribution in [3.05, 3.63) is 71.4 Å². The summed E-state index contributed by atoms with van der Waals surface area (Å²) in [7, 11) is 3.00. The zero-order valence-corrected chi connectivity index (χ0v) is 15.6. The molecular formula is C20H18ClN3O3. The topological polar surface area (TPSA) is 72.5 Å². The highest BCUT2D eigenvalue weighted by atomic mass is 35.5. The maximum atomic E-state index is 12.6. The van der Waals surface area contributed by atoms with E-state index >= 15 is 0 Å². The highest BCUT2D eigenvalue weighted by molar-refractivity contribution is 6.30. The van der Waals surface area contributed by atoms with Gasteiger partial charge in [-0.3, -0.25) is 4.79 Å². The summed E-state index contributed by atoms with van der Waals surface area (Å²) in [6.45, 7) is 0. The van der Waals surface area contributed by atoms with Crippen LogP contribution in [0.3, 0.4) is 0 Å². The van der Waals surface area contributed by atoms with Crippen molar-refractivity contribution in [1.82, 2.24) is 4.98 Å². The monoisotopic (exact) mass is 383 g/mol. The molecule has 0 radical (unpaired) electrons. The van der Waals surface area contributed by atoms with Gasteiger partial charge in [0, 0.05) is 10.7 Å². The molecule has 0 aliphatic rings. The predicted molar refractivity (Wildman–Crippen MR) is 106 cm³/mol. The average molecular weight is 384 g/mol. The first-order chi connectivity index (χ1) is 13.1. The molecule has 3 rings (SSSR count). The summed E-state index contributed by atoms with van der Waals surface area (Å²) in [4.78, 5) is 16.9. The number of benzene rings is 2. The van der Waals surface area contributed by atoms with Crippen LogP contribution in [-0.4, -0.2) is 25.1 Å². The minimum atomic E-state index is -0.366. The van der Waals surface area contributed by atoms with Crippen molar-refractivity contribution in [3.63, 3.8) is 0 Å². The van der Waals surface area contributed by atoms with Gasteiger partial charge < -0.3 is 20.1 Å². The molecular weight excluding hydrogens is 366 g/mol. The molecule has 2 N–H and O–H groups in total. The molecule has 0 aliphatic carbocycles. The molecule has 2 aromatic carbocycles. The third-order valence-corrected chi connectivity index (χ3v) is 4.04. The van der Waals surface area contributed by atoms with Crippen LogP contribution in [0.2, 0.25) is 5.02 Å². The lowest BCUT2D eigenvalue weighted by Crippen LogP contribution is -2.15. The summed E-state index contributed by atoms with van der Waals surface area (Å²) in [6, 6.07) is 16.0. The number of ether oxygens (including phenoxy) is 2. The van der Waals surface area contributed by atoms with Gasteiger partial charge in [0.1, 0.15) is 22.9 Å². The number of nitrogens with one attached hydrogen (secondary N) is 2. The van der Waals surface area contributed by atoms with E-state index in [1.54, 1.807) is 42.6 Å². The van der Waals surface area contributed by atoms with E-state index in [0.29, 0.717) is 27.9 Å². The van der Waals surface area contributed by atoms with Crippen LogP contribution in [0.4, 0.5) is 17.2 Å². The fourth-order valence-corrected chi connectivity index (χ4v) is 2.62. The van der Waals surface area contributed by atoms with Crippen LogP contribution in [0.1, 0.15) is 10.4 Å². The number of aromatic nitrogens is 1. The van der Waals surface area contributed by atoms with E-state index in [2.05, 4.69) is 15.6 Å². The van der Waals surface area contributed by atoms with Crippen molar-refractivity contribution in [1.29, 1.82) is 0 Å². The highest BCUT2D eigenvalue weighted by Gasteiger charge is 2.18. The molecule has 0 bridgehead atoms. The van der Waals surface area contributed by atoms with Gasteiger partial charge in [-0.25, -0.2) is 4.98 Å². The molecule has 0 aliphatic heterocycles. The number of nitrogens with zero attached hydrogens (tertiary/aromatic N) is 1. The molecule has 0 spiro atoms. The smallest absolute Gasteiger partial charge is 0.264 e. The number of hydrogen-bond donors (Lipinski definition) is 2. The zero-order chi connectivity index (χ0) is 19.2. The molecule has 1 aromatic heterocycles. The van der Waals surface area contributed by atoms with Gasteiger partial charge in [0.05, 0.1) is 26.1 Å². The van der Waals surface area contributed by atoms with Crippen molar-refractivity contribution in [2.24, 2.45) is 0 Å². The van der Waals surface area contributed by atoms with E-state index in [1.807, 2.05) is 18.2 Å². The number of carbonyl (C=O) groups is 1. The third-order valence-electron chi connectivity index (χ3n) is 3.79. The molecule has 3 aromatic rings. The Bertz CT molecular complexity index is 906. The predicted octanol–water partition coefficient (Wildman–Crippen LogP) is 4.75. The Kier molecular flexibility index (Phi) is 5.78. The van der Waals surface area contributed by atoms with Gasteiger partial charge >= 0.3 is 0 Å². The number of methoxy groups -OCH3 is 2. The minimum absolute atomic E-state index is 0.313. The molecule has 27 heavy (non-hydrogen) atoms. The molecule has 138 valence electrons. The second kappa shape index (κ2) is 8.42. The number of anilines is 3. The Morgan fingerprint density at radius 3 is 2.11 bits per heavy atom.